The maximum absolute atomic E-state index is 5.34. The summed E-state index contributed by atoms with van der Waals surface area (Å²) in [6.07, 6.45) is 12.9. The van der Waals surface area contributed by atoms with Gasteiger partial charge in [0.15, 0.2) is 6.39 Å². The maximum Gasteiger partial charge on any atom is 0.180 e. The molecule has 5 heteroatoms. The molecular formula is C17H22N4O. The highest BCUT2D eigenvalue weighted by molar-refractivity contribution is 5.21. The van der Waals surface area contributed by atoms with Gasteiger partial charge in [0.2, 0.25) is 0 Å². The van der Waals surface area contributed by atoms with E-state index >= 15 is 0 Å². The lowest BCUT2D eigenvalue weighted by atomic mass is 9.88. The van der Waals surface area contributed by atoms with E-state index in [1.54, 1.807) is 6.20 Å². The second-order valence-electron chi connectivity index (χ2n) is 6.46. The van der Waals surface area contributed by atoms with Gasteiger partial charge >= 0.3 is 0 Å². The van der Waals surface area contributed by atoms with Crippen molar-refractivity contribution in [3.8, 4) is 0 Å². The summed E-state index contributed by atoms with van der Waals surface area (Å²) in [6, 6.07) is 0. The number of hydrogen-bond donors (Lipinski definition) is 0. The molecule has 1 aliphatic carbocycles. The van der Waals surface area contributed by atoms with Crippen molar-refractivity contribution in [3.05, 3.63) is 41.6 Å². The first-order valence-corrected chi connectivity index (χ1v) is 8.33. The third-order valence-corrected chi connectivity index (χ3v) is 4.86. The first-order valence-electron chi connectivity index (χ1n) is 8.33. The van der Waals surface area contributed by atoms with Crippen LogP contribution in [0.2, 0.25) is 0 Å². The van der Waals surface area contributed by atoms with Crippen LogP contribution >= 0.6 is 0 Å². The topological polar surface area (TPSA) is 55.1 Å². The highest BCUT2D eigenvalue weighted by Gasteiger charge is 2.23. The molecule has 0 bridgehead atoms. The number of fused-ring (bicyclic) bond motifs is 1. The van der Waals surface area contributed by atoms with E-state index in [0.717, 1.165) is 37.6 Å². The van der Waals surface area contributed by atoms with Crippen LogP contribution < -0.4 is 0 Å². The van der Waals surface area contributed by atoms with Crippen molar-refractivity contribution < 1.29 is 4.42 Å². The largest absolute Gasteiger partial charge is 0.447 e. The Morgan fingerprint density at radius 3 is 2.91 bits per heavy atom. The van der Waals surface area contributed by atoms with E-state index in [1.807, 2.05) is 0 Å². The standard InChI is InChI=1S/C17H22N4O/c1-2-4-13(5-3-1)17-19-8-14-10-21(7-6-16(14)20-17)11-15-9-18-12-22-15/h8-9,12-13H,1-7,10-11H2. The van der Waals surface area contributed by atoms with Gasteiger partial charge in [-0.3, -0.25) is 4.90 Å². The number of rotatable bonds is 3. The summed E-state index contributed by atoms with van der Waals surface area (Å²) in [5, 5.41) is 0. The van der Waals surface area contributed by atoms with Crippen LogP contribution in [0.15, 0.2) is 23.2 Å². The van der Waals surface area contributed by atoms with Crippen LogP contribution in [0.3, 0.4) is 0 Å². The Kier molecular flexibility index (Phi) is 3.89. The number of hydrogen-bond acceptors (Lipinski definition) is 5. The molecule has 1 fully saturated rings. The van der Waals surface area contributed by atoms with E-state index in [4.69, 9.17) is 9.40 Å². The van der Waals surface area contributed by atoms with Gasteiger partial charge in [-0.15, -0.1) is 0 Å². The average molecular weight is 298 g/mol. The van der Waals surface area contributed by atoms with E-state index < -0.39 is 0 Å². The van der Waals surface area contributed by atoms with E-state index in [-0.39, 0.29) is 0 Å². The molecule has 5 nitrogen and oxygen atoms in total. The van der Waals surface area contributed by atoms with Crippen molar-refractivity contribution in [2.24, 2.45) is 0 Å². The van der Waals surface area contributed by atoms with Crippen molar-refractivity contribution in [1.29, 1.82) is 0 Å². The zero-order chi connectivity index (χ0) is 14.8. The third-order valence-electron chi connectivity index (χ3n) is 4.86. The molecule has 1 aliphatic heterocycles. The summed E-state index contributed by atoms with van der Waals surface area (Å²) in [7, 11) is 0. The highest BCUT2D eigenvalue weighted by atomic mass is 16.3. The minimum absolute atomic E-state index is 0.589. The van der Waals surface area contributed by atoms with Gasteiger partial charge in [-0.25, -0.2) is 15.0 Å². The molecule has 0 atom stereocenters. The molecule has 0 spiro atoms. The molecule has 22 heavy (non-hydrogen) atoms. The smallest absolute Gasteiger partial charge is 0.180 e. The van der Waals surface area contributed by atoms with Gasteiger partial charge in [-0.2, -0.15) is 0 Å². The van der Waals surface area contributed by atoms with E-state index in [9.17, 15) is 0 Å². The molecule has 2 aliphatic rings. The predicted molar refractivity (Wildman–Crippen MR) is 82.2 cm³/mol. The summed E-state index contributed by atoms with van der Waals surface area (Å²) >= 11 is 0. The highest BCUT2D eigenvalue weighted by Crippen LogP contribution is 2.31. The van der Waals surface area contributed by atoms with Gasteiger partial charge in [-0.05, 0) is 12.8 Å². The van der Waals surface area contributed by atoms with Gasteiger partial charge in [-0.1, -0.05) is 19.3 Å². The van der Waals surface area contributed by atoms with Crippen LogP contribution in [0, 0.1) is 0 Å². The van der Waals surface area contributed by atoms with Gasteiger partial charge in [0, 0.05) is 42.9 Å². The van der Waals surface area contributed by atoms with Crippen LogP contribution in [0.5, 0.6) is 0 Å². The molecule has 0 saturated heterocycles. The molecule has 1 saturated carbocycles. The lowest BCUT2D eigenvalue weighted by molar-refractivity contribution is 0.223. The van der Waals surface area contributed by atoms with Gasteiger partial charge in [0.25, 0.3) is 0 Å². The predicted octanol–water partition coefficient (Wildman–Crippen LogP) is 3.07. The normalized spacial score (nSPS) is 20.0. The average Bonchev–Trinajstić information content (AvgIpc) is 3.08. The van der Waals surface area contributed by atoms with Crippen molar-refractivity contribution >= 4 is 0 Å². The van der Waals surface area contributed by atoms with E-state index in [0.29, 0.717) is 5.92 Å². The number of oxazole rings is 1. The summed E-state index contributed by atoms with van der Waals surface area (Å²) in [5.41, 5.74) is 2.52. The molecule has 0 unspecified atom stereocenters. The molecule has 3 heterocycles. The second-order valence-corrected chi connectivity index (χ2v) is 6.46. The van der Waals surface area contributed by atoms with Crippen molar-refractivity contribution in [3.63, 3.8) is 0 Å². The Balaban J connectivity index is 1.46. The molecule has 0 aromatic carbocycles. The van der Waals surface area contributed by atoms with Crippen molar-refractivity contribution in [2.75, 3.05) is 6.54 Å². The SMILES string of the molecule is c1ncc(CN2CCc3nc(C4CCCCC4)ncc3C2)o1. The third kappa shape index (κ3) is 2.90. The Labute approximate surface area is 130 Å². The molecule has 0 radical (unpaired) electrons. The first kappa shape index (κ1) is 13.9. The quantitative estimate of drug-likeness (QED) is 0.871. The zero-order valence-electron chi connectivity index (χ0n) is 12.9. The number of nitrogens with zero attached hydrogens (tertiary/aromatic N) is 4. The molecule has 2 aromatic rings. The van der Waals surface area contributed by atoms with Crippen LogP contribution in [0.25, 0.3) is 0 Å². The Bertz CT molecular complexity index is 620. The zero-order valence-corrected chi connectivity index (χ0v) is 12.9. The summed E-state index contributed by atoms with van der Waals surface area (Å²) in [6.45, 7) is 2.74. The molecule has 0 amide bonds. The van der Waals surface area contributed by atoms with Crippen LogP contribution in [0.4, 0.5) is 0 Å². The van der Waals surface area contributed by atoms with Gasteiger partial charge in [0.05, 0.1) is 12.7 Å². The summed E-state index contributed by atoms with van der Waals surface area (Å²) in [5.74, 6) is 2.59. The second kappa shape index (κ2) is 6.16. The Morgan fingerprint density at radius 2 is 2.09 bits per heavy atom. The van der Waals surface area contributed by atoms with Crippen LogP contribution in [-0.2, 0) is 19.5 Å². The lowest BCUT2D eigenvalue weighted by Gasteiger charge is -2.28. The minimum Gasteiger partial charge on any atom is -0.447 e. The lowest BCUT2D eigenvalue weighted by Crippen LogP contribution is -2.31. The van der Waals surface area contributed by atoms with Gasteiger partial charge < -0.3 is 4.42 Å². The molecular weight excluding hydrogens is 276 g/mol. The molecule has 0 N–H and O–H groups in total. The fourth-order valence-corrected chi connectivity index (χ4v) is 3.62. The first-order chi connectivity index (χ1) is 10.9. The van der Waals surface area contributed by atoms with Crippen molar-refractivity contribution in [1.82, 2.24) is 19.9 Å². The maximum atomic E-state index is 5.34. The van der Waals surface area contributed by atoms with Gasteiger partial charge in [0.1, 0.15) is 11.6 Å². The van der Waals surface area contributed by atoms with E-state index in [2.05, 4.69) is 21.1 Å². The minimum atomic E-state index is 0.589. The number of aromatic nitrogens is 3. The Hall–Kier alpha value is -1.75. The fourth-order valence-electron chi connectivity index (χ4n) is 3.62. The van der Waals surface area contributed by atoms with E-state index in [1.165, 1.54) is 49.8 Å². The van der Waals surface area contributed by atoms with Crippen molar-refractivity contribution in [2.45, 2.75) is 57.5 Å². The van der Waals surface area contributed by atoms with Crippen LogP contribution in [0.1, 0.15) is 60.9 Å². The Morgan fingerprint density at radius 1 is 1.18 bits per heavy atom. The summed E-state index contributed by atoms with van der Waals surface area (Å²) < 4.78 is 5.34. The monoisotopic (exact) mass is 298 g/mol. The molecule has 116 valence electrons. The van der Waals surface area contributed by atoms with Crippen LogP contribution in [-0.4, -0.2) is 26.4 Å². The molecule has 2 aromatic heterocycles. The molecule has 4 rings (SSSR count). The fraction of sp³-hybridized carbons (Fsp3) is 0.588. The summed E-state index contributed by atoms with van der Waals surface area (Å²) in [4.78, 5) is 15.9.